The van der Waals surface area contributed by atoms with E-state index in [2.05, 4.69) is 0 Å². The third-order valence-electron chi connectivity index (χ3n) is 3.08. The molecule has 132 valence electrons. The van der Waals surface area contributed by atoms with Crippen molar-refractivity contribution in [2.75, 3.05) is 0 Å². The second kappa shape index (κ2) is 6.59. The highest BCUT2D eigenvalue weighted by Gasteiger charge is 2.30. The second-order valence-corrected chi connectivity index (χ2v) is 8.37. The Hall–Kier alpha value is -2.82. The van der Waals surface area contributed by atoms with Crippen LogP contribution in [0.4, 0.5) is 0 Å². The maximum Gasteiger partial charge on any atom is 0.319 e. The average molecular weight is 387 g/mol. The molecule has 0 amide bonds. The highest BCUT2D eigenvalue weighted by molar-refractivity contribution is 8.08. The molecule has 0 saturated heterocycles. The highest BCUT2D eigenvalue weighted by Crippen LogP contribution is 2.23. The van der Waals surface area contributed by atoms with Gasteiger partial charge in [-0.1, -0.05) is 0 Å². The lowest BCUT2D eigenvalue weighted by molar-refractivity contribution is -0.428. The predicted molar refractivity (Wildman–Crippen MR) is 83.6 cm³/mol. The SMILES string of the molecule is O=[N+]([O-])C1=C=C=C(S(=O)(=O)NS(=O)(=O)C2=CC=C([N+](=O)[O-])CC2)C=C1. The van der Waals surface area contributed by atoms with E-state index in [9.17, 15) is 37.1 Å². The summed E-state index contributed by atoms with van der Waals surface area (Å²) in [4.78, 5) is 18.6. The lowest BCUT2D eigenvalue weighted by atomic mass is 10.1. The Morgan fingerprint density at radius 2 is 1.60 bits per heavy atom. The first-order chi connectivity index (χ1) is 11.5. The van der Waals surface area contributed by atoms with E-state index >= 15 is 0 Å². The summed E-state index contributed by atoms with van der Waals surface area (Å²) in [6.45, 7) is 0. The molecule has 11 nitrogen and oxygen atoms in total. The molecular formula is C12H9N3O8S2. The molecule has 1 N–H and O–H groups in total. The molecule has 0 aliphatic heterocycles. The minimum Gasteiger partial charge on any atom is -0.259 e. The maximum absolute atomic E-state index is 12.1. The van der Waals surface area contributed by atoms with Gasteiger partial charge in [-0.2, -0.15) is 0 Å². The molecule has 25 heavy (non-hydrogen) atoms. The molecular weight excluding hydrogens is 378 g/mol. The molecule has 0 aromatic heterocycles. The van der Waals surface area contributed by atoms with Crippen LogP contribution in [0.5, 0.6) is 0 Å². The number of sulfonamides is 2. The fourth-order valence-corrected chi connectivity index (χ4v) is 4.85. The molecule has 0 saturated carbocycles. The zero-order valence-electron chi connectivity index (χ0n) is 12.2. The monoisotopic (exact) mass is 387 g/mol. The summed E-state index contributed by atoms with van der Waals surface area (Å²) < 4.78 is 49.9. The van der Waals surface area contributed by atoms with Crippen LogP contribution in [0.15, 0.2) is 57.0 Å². The van der Waals surface area contributed by atoms with Crippen molar-refractivity contribution in [3.8, 4) is 0 Å². The molecule has 0 aromatic rings. The second-order valence-electron chi connectivity index (χ2n) is 4.73. The normalized spacial score (nSPS) is 17.3. The molecule has 0 atom stereocenters. The van der Waals surface area contributed by atoms with E-state index in [4.69, 9.17) is 0 Å². The number of rotatable bonds is 6. The van der Waals surface area contributed by atoms with Gasteiger partial charge in [0, 0.05) is 24.3 Å². The molecule has 0 radical (unpaired) electrons. The Kier molecular flexibility index (Phi) is 4.88. The van der Waals surface area contributed by atoms with Gasteiger partial charge in [-0.05, 0) is 24.3 Å². The van der Waals surface area contributed by atoms with Crippen LogP contribution < -0.4 is 4.13 Å². The van der Waals surface area contributed by atoms with Crippen LogP contribution in [0.2, 0.25) is 0 Å². The number of hydrogen-bond donors (Lipinski definition) is 1. The number of nitrogens with one attached hydrogen (secondary N) is 1. The summed E-state index contributed by atoms with van der Waals surface area (Å²) in [6.07, 6.45) is 3.17. The lowest BCUT2D eigenvalue weighted by Crippen LogP contribution is -2.32. The predicted octanol–water partition coefficient (Wildman–Crippen LogP) is 0.442. The van der Waals surface area contributed by atoms with Gasteiger partial charge in [0.1, 0.15) is 4.91 Å². The van der Waals surface area contributed by atoms with Gasteiger partial charge < -0.3 is 0 Å². The summed E-state index contributed by atoms with van der Waals surface area (Å²) in [7, 11) is -9.06. The molecule has 13 heteroatoms. The van der Waals surface area contributed by atoms with Gasteiger partial charge in [-0.25, -0.2) is 16.8 Å². The zero-order valence-corrected chi connectivity index (χ0v) is 13.8. The standard InChI is InChI=1S/C12H9N3O8S2/c16-14(17)9-1-5-11(6-2-9)24(20,21)13-25(22,23)12-7-3-10(4-8-12)15(18)19/h1,3,5,7,13H,2,6H2. The fourth-order valence-electron chi connectivity index (χ4n) is 1.85. The van der Waals surface area contributed by atoms with Crippen molar-refractivity contribution < 1.29 is 26.7 Å². The molecule has 2 aliphatic carbocycles. The smallest absolute Gasteiger partial charge is 0.259 e. The van der Waals surface area contributed by atoms with Crippen LogP contribution in [0.3, 0.4) is 0 Å². The topological polar surface area (TPSA) is 167 Å². The van der Waals surface area contributed by atoms with Crippen molar-refractivity contribution >= 4 is 20.0 Å². The van der Waals surface area contributed by atoms with Crippen molar-refractivity contribution in [1.82, 2.24) is 4.13 Å². The first-order valence-corrected chi connectivity index (χ1v) is 9.41. The van der Waals surface area contributed by atoms with Crippen LogP contribution in [-0.2, 0) is 20.0 Å². The van der Waals surface area contributed by atoms with Gasteiger partial charge in [-0.15, -0.1) is 4.13 Å². The minimum absolute atomic E-state index is 0.169. The van der Waals surface area contributed by atoms with E-state index in [1.54, 1.807) is 0 Å². The van der Waals surface area contributed by atoms with Crippen molar-refractivity contribution in [3.63, 3.8) is 0 Å². The van der Waals surface area contributed by atoms with E-state index < -0.39 is 40.5 Å². The molecule has 0 heterocycles. The summed E-state index contributed by atoms with van der Waals surface area (Å²) in [5.41, 5.74) is 3.27. The number of nitro groups is 2. The Morgan fingerprint density at radius 3 is 2.04 bits per heavy atom. The van der Waals surface area contributed by atoms with E-state index in [1.165, 1.54) is 4.13 Å². The molecule has 2 aliphatic rings. The average Bonchev–Trinajstić information content (AvgIpc) is 2.54. The van der Waals surface area contributed by atoms with Gasteiger partial charge in [0.2, 0.25) is 15.7 Å². The molecule has 0 aromatic carbocycles. The van der Waals surface area contributed by atoms with Crippen molar-refractivity contribution in [3.05, 3.63) is 77.2 Å². The van der Waals surface area contributed by atoms with Crippen LogP contribution in [0.1, 0.15) is 12.8 Å². The van der Waals surface area contributed by atoms with Gasteiger partial charge >= 0.3 is 5.70 Å². The van der Waals surface area contributed by atoms with Crippen molar-refractivity contribution in [2.45, 2.75) is 12.8 Å². The summed E-state index contributed by atoms with van der Waals surface area (Å²) in [5, 5.41) is 21.1. The van der Waals surface area contributed by atoms with Gasteiger partial charge in [0.25, 0.3) is 10.0 Å². The van der Waals surface area contributed by atoms with Crippen molar-refractivity contribution in [2.24, 2.45) is 0 Å². The van der Waals surface area contributed by atoms with Crippen LogP contribution in [0.25, 0.3) is 0 Å². The first kappa shape index (κ1) is 18.5. The Labute approximate surface area is 141 Å². The Balaban J connectivity index is 2.33. The van der Waals surface area contributed by atoms with Crippen LogP contribution >= 0.6 is 0 Å². The molecule has 0 fully saturated rings. The van der Waals surface area contributed by atoms with Gasteiger partial charge in [-0.3, -0.25) is 20.2 Å². The summed E-state index contributed by atoms with van der Waals surface area (Å²) in [5.74, 6) is 0. The Bertz CT molecular complexity index is 1060. The molecule has 2 rings (SSSR count). The highest BCUT2D eigenvalue weighted by atomic mass is 32.3. The third kappa shape index (κ3) is 4.18. The zero-order chi connectivity index (χ0) is 18.8. The summed E-state index contributed by atoms with van der Waals surface area (Å²) in [6, 6.07) is 0. The Morgan fingerprint density at radius 1 is 0.920 bits per heavy atom. The largest absolute Gasteiger partial charge is 0.319 e. The third-order valence-corrected chi connectivity index (χ3v) is 6.68. The maximum atomic E-state index is 12.1. The van der Waals surface area contributed by atoms with E-state index in [0.717, 1.165) is 24.3 Å². The van der Waals surface area contributed by atoms with Gasteiger partial charge in [0.05, 0.1) is 14.8 Å². The van der Waals surface area contributed by atoms with Crippen LogP contribution in [0, 0.1) is 20.2 Å². The summed E-state index contributed by atoms with van der Waals surface area (Å²) >= 11 is 0. The molecule has 0 bridgehead atoms. The van der Waals surface area contributed by atoms with E-state index in [-0.39, 0.29) is 23.4 Å². The molecule has 0 spiro atoms. The van der Waals surface area contributed by atoms with Gasteiger partial charge in [0.15, 0.2) is 0 Å². The number of allylic oxidation sites excluding steroid dienone is 6. The lowest BCUT2D eigenvalue weighted by Gasteiger charge is -2.12. The fraction of sp³-hybridized carbons (Fsp3) is 0.167. The number of nitrogens with zero attached hydrogens (tertiary/aromatic N) is 2. The minimum atomic E-state index is -4.58. The quantitative estimate of drug-likeness (QED) is 0.389. The van der Waals surface area contributed by atoms with E-state index in [1.807, 2.05) is 11.5 Å². The van der Waals surface area contributed by atoms with Crippen molar-refractivity contribution in [1.29, 1.82) is 0 Å². The number of hydrogen-bond acceptors (Lipinski definition) is 8. The van der Waals surface area contributed by atoms with E-state index in [0.29, 0.717) is 0 Å². The van der Waals surface area contributed by atoms with Crippen LogP contribution in [-0.4, -0.2) is 26.7 Å². The molecule has 0 unspecified atom stereocenters. The first-order valence-electron chi connectivity index (χ1n) is 6.44.